The number of carbonyl (C=O) groups is 2. The van der Waals surface area contributed by atoms with E-state index in [1.165, 1.54) is 4.90 Å². The summed E-state index contributed by atoms with van der Waals surface area (Å²) in [5.74, 6) is -0.370. The Labute approximate surface area is 186 Å². The number of hydrogen-bond acceptors (Lipinski definition) is 4. The number of carbonyl (C=O) groups excluding carboxylic acids is 2. The van der Waals surface area contributed by atoms with E-state index in [1.807, 2.05) is 75.4 Å². The Bertz CT molecular complexity index is 1260. The van der Waals surface area contributed by atoms with Crippen molar-refractivity contribution in [2.45, 2.75) is 20.8 Å². The molecule has 1 N–H and O–H groups in total. The van der Waals surface area contributed by atoms with Crippen LogP contribution in [0.25, 0.3) is 16.8 Å². The maximum absolute atomic E-state index is 13.5. The summed E-state index contributed by atoms with van der Waals surface area (Å²) in [6.07, 6.45) is 1.60. The molecule has 3 aromatic carbocycles. The third-order valence-electron chi connectivity index (χ3n) is 5.44. The van der Waals surface area contributed by atoms with Crippen molar-refractivity contribution >= 4 is 51.7 Å². The van der Waals surface area contributed by atoms with Gasteiger partial charge in [-0.2, -0.15) is 0 Å². The molecular weight excluding hydrogens is 408 g/mol. The summed E-state index contributed by atoms with van der Waals surface area (Å²) in [7, 11) is 0. The third kappa shape index (κ3) is 3.70. The van der Waals surface area contributed by atoms with E-state index in [1.54, 1.807) is 6.08 Å². The molecule has 2 amide bonds. The van der Waals surface area contributed by atoms with Crippen LogP contribution in [0.1, 0.15) is 23.6 Å². The van der Waals surface area contributed by atoms with E-state index in [9.17, 15) is 9.59 Å². The van der Waals surface area contributed by atoms with E-state index >= 15 is 0 Å². The average Bonchev–Trinajstić information content (AvgIpc) is 2.75. The number of nitrogens with one attached hydrogen (secondary N) is 1. The fraction of sp³-hybridized carbons (Fsp3) is 0.160. The highest BCUT2D eigenvalue weighted by Gasteiger charge is 2.35. The van der Waals surface area contributed by atoms with Gasteiger partial charge in [0.05, 0.1) is 12.3 Å². The van der Waals surface area contributed by atoms with Crippen molar-refractivity contribution in [1.29, 1.82) is 0 Å². The van der Waals surface area contributed by atoms with Gasteiger partial charge in [0.2, 0.25) is 0 Å². The van der Waals surface area contributed by atoms with Gasteiger partial charge in [0, 0.05) is 5.56 Å². The SMILES string of the molecule is CCOc1ccc2ccccc2c1/C=C1\C(=O)NC(=S)N(c2cccc(C)c2C)C1=O. The van der Waals surface area contributed by atoms with Gasteiger partial charge in [-0.1, -0.05) is 42.5 Å². The van der Waals surface area contributed by atoms with Gasteiger partial charge in [-0.05, 0) is 73.1 Å². The first kappa shape index (κ1) is 20.8. The molecular formula is C25H22N2O3S. The van der Waals surface area contributed by atoms with Crippen LogP contribution in [0.3, 0.4) is 0 Å². The van der Waals surface area contributed by atoms with Crippen molar-refractivity contribution in [3.63, 3.8) is 0 Å². The van der Waals surface area contributed by atoms with Crippen LogP contribution in [0.4, 0.5) is 5.69 Å². The van der Waals surface area contributed by atoms with E-state index in [0.29, 0.717) is 23.6 Å². The van der Waals surface area contributed by atoms with Gasteiger partial charge in [0.25, 0.3) is 11.8 Å². The van der Waals surface area contributed by atoms with Crippen LogP contribution >= 0.6 is 12.2 Å². The van der Waals surface area contributed by atoms with Crippen molar-refractivity contribution in [3.05, 3.63) is 76.9 Å². The Hall–Kier alpha value is -3.51. The average molecular weight is 431 g/mol. The Morgan fingerprint density at radius 1 is 1.03 bits per heavy atom. The first-order valence-electron chi connectivity index (χ1n) is 10.0. The molecule has 0 bridgehead atoms. The van der Waals surface area contributed by atoms with Gasteiger partial charge in [-0.25, -0.2) is 0 Å². The van der Waals surface area contributed by atoms with Crippen LogP contribution < -0.4 is 15.0 Å². The van der Waals surface area contributed by atoms with Crippen molar-refractivity contribution in [2.75, 3.05) is 11.5 Å². The monoisotopic (exact) mass is 430 g/mol. The minimum atomic E-state index is -0.521. The van der Waals surface area contributed by atoms with Gasteiger partial charge < -0.3 is 4.74 Å². The molecule has 6 heteroatoms. The number of thiocarbonyl (C=S) groups is 1. The molecule has 4 rings (SSSR count). The van der Waals surface area contributed by atoms with E-state index in [2.05, 4.69) is 5.32 Å². The maximum atomic E-state index is 13.5. The summed E-state index contributed by atoms with van der Waals surface area (Å²) in [5, 5.41) is 4.62. The largest absolute Gasteiger partial charge is 0.493 e. The number of fused-ring (bicyclic) bond motifs is 1. The molecule has 1 fully saturated rings. The molecule has 0 saturated carbocycles. The Morgan fingerprint density at radius 3 is 2.58 bits per heavy atom. The van der Waals surface area contributed by atoms with E-state index in [4.69, 9.17) is 17.0 Å². The van der Waals surface area contributed by atoms with E-state index < -0.39 is 11.8 Å². The number of anilines is 1. The zero-order chi connectivity index (χ0) is 22.1. The number of aryl methyl sites for hydroxylation is 1. The summed E-state index contributed by atoms with van der Waals surface area (Å²) in [5.41, 5.74) is 3.31. The summed E-state index contributed by atoms with van der Waals surface area (Å²) in [4.78, 5) is 27.7. The van der Waals surface area contributed by atoms with Gasteiger partial charge in [0.1, 0.15) is 11.3 Å². The fourth-order valence-corrected chi connectivity index (χ4v) is 3.98. The molecule has 1 aliphatic rings. The second-order valence-corrected chi connectivity index (χ2v) is 7.70. The number of benzene rings is 3. The highest BCUT2D eigenvalue weighted by Crippen LogP contribution is 2.32. The molecule has 0 radical (unpaired) electrons. The van der Waals surface area contributed by atoms with E-state index in [-0.39, 0.29) is 10.7 Å². The molecule has 1 saturated heterocycles. The highest BCUT2D eigenvalue weighted by molar-refractivity contribution is 7.80. The fourth-order valence-electron chi connectivity index (χ4n) is 3.70. The molecule has 0 spiro atoms. The zero-order valence-electron chi connectivity index (χ0n) is 17.6. The van der Waals surface area contributed by atoms with E-state index in [0.717, 1.165) is 21.9 Å². The summed E-state index contributed by atoms with van der Waals surface area (Å²) in [6.45, 7) is 6.26. The molecule has 31 heavy (non-hydrogen) atoms. The lowest BCUT2D eigenvalue weighted by molar-refractivity contribution is -0.122. The standard InChI is InChI=1S/C25H22N2O3S/c1-4-30-22-13-12-17-9-5-6-10-18(17)19(22)14-20-23(28)26-25(31)27(24(20)29)21-11-7-8-15(2)16(21)3/h5-14H,4H2,1-3H3,(H,26,28,31)/b20-14+. The quantitative estimate of drug-likeness (QED) is 0.371. The maximum Gasteiger partial charge on any atom is 0.270 e. The molecule has 0 atom stereocenters. The van der Waals surface area contributed by atoms with Gasteiger partial charge in [-0.15, -0.1) is 0 Å². The molecule has 1 aliphatic heterocycles. The summed E-state index contributed by atoms with van der Waals surface area (Å²) in [6, 6.07) is 17.3. The Balaban J connectivity index is 1.89. The molecule has 0 aliphatic carbocycles. The van der Waals surface area contributed by atoms with Gasteiger partial charge in [-0.3, -0.25) is 19.8 Å². The van der Waals surface area contributed by atoms with Crippen molar-refractivity contribution in [1.82, 2.24) is 5.32 Å². The zero-order valence-corrected chi connectivity index (χ0v) is 18.4. The number of amides is 2. The molecule has 5 nitrogen and oxygen atoms in total. The normalized spacial score (nSPS) is 15.5. The lowest BCUT2D eigenvalue weighted by Gasteiger charge is -2.30. The third-order valence-corrected chi connectivity index (χ3v) is 5.72. The first-order valence-corrected chi connectivity index (χ1v) is 10.5. The van der Waals surface area contributed by atoms with Crippen LogP contribution in [-0.4, -0.2) is 23.5 Å². The second-order valence-electron chi connectivity index (χ2n) is 7.31. The highest BCUT2D eigenvalue weighted by atomic mass is 32.1. The van der Waals surface area contributed by atoms with Crippen LogP contribution in [0, 0.1) is 13.8 Å². The van der Waals surface area contributed by atoms with Crippen LogP contribution in [-0.2, 0) is 9.59 Å². The predicted octanol–water partition coefficient (Wildman–Crippen LogP) is 4.69. The molecule has 1 heterocycles. The summed E-state index contributed by atoms with van der Waals surface area (Å²) < 4.78 is 5.80. The molecule has 0 aromatic heterocycles. The van der Waals surface area contributed by atoms with Crippen molar-refractivity contribution < 1.29 is 14.3 Å². The van der Waals surface area contributed by atoms with Crippen LogP contribution in [0.5, 0.6) is 5.75 Å². The van der Waals surface area contributed by atoms with Gasteiger partial charge >= 0.3 is 0 Å². The number of hydrogen-bond donors (Lipinski definition) is 1. The minimum absolute atomic E-state index is 0.00631. The lowest BCUT2D eigenvalue weighted by Crippen LogP contribution is -2.54. The Morgan fingerprint density at radius 2 is 1.81 bits per heavy atom. The first-order chi connectivity index (χ1) is 14.9. The van der Waals surface area contributed by atoms with Crippen molar-refractivity contribution in [3.8, 4) is 5.75 Å². The van der Waals surface area contributed by atoms with Crippen LogP contribution in [0.15, 0.2) is 60.2 Å². The topological polar surface area (TPSA) is 58.6 Å². The second kappa shape index (κ2) is 8.32. The number of ether oxygens (including phenoxy) is 1. The van der Waals surface area contributed by atoms with Crippen LogP contribution in [0.2, 0.25) is 0 Å². The van der Waals surface area contributed by atoms with Gasteiger partial charge in [0.15, 0.2) is 5.11 Å². The number of rotatable bonds is 4. The van der Waals surface area contributed by atoms with Crippen molar-refractivity contribution in [2.24, 2.45) is 0 Å². The minimum Gasteiger partial charge on any atom is -0.493 e. The molecule has 0 unspecified atom stereocenters. The Kier molecular flexibility index (Phi) is 5.57. The molecule has 3 aromatic rings. The molecule has 156 valence electrons. The lowest BCUT2D eigenvalue weighted by atomic mass is 9.99. The summed E-state index contributed by atoms with van der Waals surface area (Å²) >= 11 is 5.35. The predicted molar refractivity (Wildman–Crippen MR) is 127 cm³/mol. The smallest absolute Gasteiger partial charge is 0.270 e. The number of nitrogens with zero attached hydrogens (tertiary/aromatic N) is 1.